The van der Waals surface area contributed by atoms with Crippen LogP contribution in [0, 0.1) is 0 Å². The quantitative estimate of drug-likeness (QED) is 0.749. The lowest BCUT2D eigenvalue weighted by Crippen LogP contribution is -1.95. The van der Waals surface area contributed by atoms with Crippen molar-refractivity contribution in [1.29, 1.82) is 0 Å². The Labute approximate surface area is 135 Å². The number of halogens is 2. The molecule has 0 unspecified atom stereocenters. The molecule has 0 saturated carbocycles. The number of aromatic carboxylic acids is 1. The number of fused-ring (bicyclic) bond motifs is 1. The Morgan fingerprint density at radius 1 is 1.27 bits per heavy atom. The fourth-order valence-corrected chi connectivity index (χ4v) is 2.87. The molecule has 0 fully saturated rings. The molecule has 5 nitrogen and oxygen atoms in total. The van der Waals surface area contributed by atoms with E-state index in [0.29, 0.717) is 32.6 Å². The Morgan fingerprint density at radius 2 is 2.05 bits per heavy atom. The van der Waals surface area contributed by atoms with Gasteiger partial charge < -0.3 is 9.84 Å². The summed E-state index contributed by atoms with van der Waals surface area (Å²) in [5.41, 5.74) is 2.01. The molecule has 0 aliphatic carbocycles. The number of aromatic amines is 1. The van der Waals surface area contributed by atoms with Gasteiger partial charge in [-0.2, -0.15) is 5.10 Å². The predicted octanol–water partition coefficient (Wildman–Crippen LogP) is 4.24. The van der Waals surface area contributed by atoms with Gasteiger partial charge in [0.2, 0.25) is 0 Å². The van der Waals surface area contributed by atoms with Crippen LogP contribution in [-0.4, -0.2) is 28.4 Å². The predicted molar refractivity (Wildman–Crippen MR) is 85.1 cm³/mol. The van der Waals surface area contributed by atoms with Crippen molar-refractivity contribution in [2.24, 2.45) is 0 Å². The first-order chi connectivity index (χ1) is 10.5. The zero-order valence-corrected chi connectivity index (χ0v) is 12.9. The summed E-state index contributed by atoms with van der Waals surface area (Å²) in [4.78, 5) is 11.0. The van der Waals surface area contributed by atoms with Gasteiger partial charge >= 0.3 is 5.97 Å². The lowest BCUT2D eigenvalue weighted by molar-refractivity contribution is 0.0697. The van der Waals surface area contributed by atoms with Gasteiger partial charge in [-0.05, 0) is 30.3 Å². The summed E-state index contributed by atoms with van der Waals surface area (Å²) in [5, 5.41) is 17.7. The van der Waals surface area contributed by atoms with E-state index in [9.17, 15) is 4.79 Å². The number of carboxylic acid groups (broad SMARTS) is 1. The van der Waals surface area contributed by atoms with Crippen LogP contribution in [0.5, 0.6) is 5.75 Å². The van der Waals surface area contributed by atoms with Gasteiger partial charge in [-0.15, -0.1) is 0 Å². The minimum atomic E-state index is -0.999. The van der Waals surface area contributed by atoms with E-state index in [1.807, 2.05) is 0 Å². The fraction of sp³-hybridized carbons (Fsp3) is 0.0667. The first-order valence-electron chi connectivity index (χ1n) is 6.26. The third-order valence-corrected chi connectivity index (χ3v) is 3.78. The van der Waals surface area contributed by atoms with Gasteiger partial charge in [-0.1, -0.05) is 23.2 Å². The summed E-state index contributed by atoms with van der Waals surface area (Å²) in [6.07, 6.45) is 0. The van der Waals surface area contributed by atoms with E-state index in [1.165, 1.54) is 19.2 Å². The lowest BCUT2D eigenvalue weighted by Gasteiger charge is -2.09. The Morgan fingerprint density at radius 3 is 2.73 bits per heavy atom. The summed E-state index contributed by atoms with van der Waals surface area (Å²) in [5.74, 6) is -0.539. The fourth-order valence-electron chi connectivity index (χ4n) is 2.30. The van der Waals surface area contributed by atoms with Crippen molar-refractivity contribution in [3.63, 3.8) is 0 Å². The average Bonchev–Trinajstić information content (AvgIpc) is 2.89. The number of aromatic nitrogens is 2. The number of hydrogen-bond donors (Lipinski definition) is 2. The van der Waals surface area contributed by atoms with E-state index >= 15 is 0 Å². The Balaban J connectivity index is 2.25. The van der Waals surface area contributed by atoms with Crippen molar-refractivity contribution < 1.29 is 14.6 Å². The molecule has 3 aromatic rings. The van der Waals surface area contributed by atoms with Crippen LogP contribution in [0.25, 0.3) is 22.2 Å². The van der Waals surface area contributed by atoms with Crippen LogP contribution >= 0.6 is 23.2 Å². The summed E-state index contributed by atoms with van der Waals surface area (Å²) in [6, 6.07) is 8.01. The minimum absolute atomic E-state index is 0.179. The third kappa shape index (κ3) is 2.38. The molecule has 0 spiro atoms. The van der Waals surface area contributed by atoms with Gasteiger partial charge in [0.25, 0.3) is 0 Å². The van der Waals surface area contributed by atoms with Crippen LogP contribution in [0.15, 0.2) is 30.3 Å². The van der Waals surface area contributed by atoms with Crippen LogP contribution in [0.3, 0.4) is 0 Å². The Hall–Kier alpha value is -2.24. The molecule has 0 aliphatic heterocycles. The molecular formula is C15H10Cl2N2O3. The summed E-state index contributed by atoms with van der Waals surface area (Å²) < 4.78 is 5.33. The molecule has 2 aromatic carbocycles. The number of nitrogens with zero attached hydrogens (tertiary/aromatic N) is 1. The monoisotopic (exact) mass is 336 g/mol. The van der Waals surface area contributed by atoms with E-state index < -0.39 is 5.97 Å². The Kier molecular flexibility index (Phi) is 3.68. The second kappa shape index (κ2) is 5.51. The molecule has 0 aliphatic rings. The normalized spacial score (nSPS) is 10.9. The number of methoxy groups -OCH3 is 1. The second-order valence-corrected chi connectivity index (χ2v) is 5.45. The first-order valence-corrected chi connectivity index (χ1v) is 7.01. The van der Waals surface area contributed by atoms with Crippen molar-refractivity contribution >= 4 is 40.1 Å². The smallest absolute Gasteiger partial charge is 0.335 e. The van der Waals surface area contributed by atoms with Crippen molar-refractivity contribution in [3.05, 3.63) is 45.9 Å². The van der Waals surface area contributed by atoms with Gasteiger partial charge in [0.05, 0.1) is 23.2 Å². The van der Waals surface area contributed by atoms with Gasteiger partial charge in [-0.25, -0.2) is 4.79 Å². The highest BCUT2D eigenvalue weighted by atomic mass is 35.5. The van der Waals surface area contributed by atoms with Crippen molar-refractivity contribution in [1.82, 2.24) is 10.2 Å². The first kappa shape index (κ1) is 14.7. The summed E-state index contributed by atoms with van der Waals surface area (Å²) in [6.45, 7) is 0. The van der Waals surface area contributed by atoms with Crippen LogP contribution < -0.4 is 4.74 Å². The van der Waals surface area contributed by atoms with E-state index in [2.05, 4.69) is 10.2 Å². The van der Waals surface area contributed by atoms with E-state index in [0.717, 1.165) is 5.39 Å². The third-order valence-electron chi connectivity index (χ3n) is 3.28. The molecule has 1 heterocycles. The summed E-state index contributed by atoms with van der Waals surface area (Å²) >= 11 is 12.2. The molecule has 0 bridgehead atoms. The molecule has 0 amide bonds. The zero-order chi connectivity index (χ0) is 15.9. The van der Waals surface area contributed by atoms with E-state index in [1.54, 1.807) is 18.2 Å². The molecule has 22 heavy (non-hydrogen) atoms. The maximum Gasteiger partial charge on any atom is 0.335 e. The zero-order valence-electron chi connectivity index (χ0n) is 11.4. The number of benzene rings is 2. The van der Waals surface area contributed by atoms with Crippen LogP contribution in [0.2, 0.25) is 10.0 Å². The van der Waals surface area contributed by atoms with Gasteiger partial charge in [0.1, 0.15) is 11.4 Å². The maximum absolute atomic E-state index is 11.0. The van der Waals surface area contributed by atoms with E-state index in [-0.39, 0.29) is 5.56 Å². The maximum atomic E-state index is 11.0. The largest absolute Gasteiger partial charge is 0.494 e. The van der Waals surface area contributed by atoms with Crippen LogP contribution in [0.4, 0.5) is 0 Å². The SMILES string of the molecule is COc1c(Cl)cc(Cl)cc1-c1n[nH]c2cc(C(=O)O)ccc12. The molecule has 1 aromatic heterocycles. The number of ether oxygens (including phenoxy) is 1. The number of H-pyrrole nitrogens is 1. The standard InChI is InChI=1S/C15H10Cl2N2O3/c1-22-14-10(5-8(16)6-11(14)17)13-9-3-2-7(15(20)21)4-12(9)18-19-13/h2-6H,1H3,(H,18,19)(H,20,21). The molecule has 2 N–H and O–H groups in total. The molecule has 0 radical (unpaired) electrons. The van der Waals surface area contributed by atoms with Gasteiger partial charge in [-0.3, -0.25) is 5.10 Å². The molecule has 112 valence electrons. The number of nitrogens with one attached hydrogen (secondary N) is 1. The number of carboxylic acids is 1. The topological polar surface area (TPSA) is 75.2 Å². The number of carbonyl (C=O) groups is 1. The van der Waals surface area contributed by atoms with Crippen molar-refractivity contribution in [2.75, 3.05) is 7.11 Å². The van der Waals surface area contributed by atoms with Crippen molar-refractivity contribution in [2.45, 2.75) is 0 Å². The number of hydrogen-bond acceptors (Lipinski definition) is 3. The van der Waals surface area contributed by atoms with Gasteiger partial charge in [0, 0.05) is 16.0 Å². The molecule has 3 rings (SSSR count). The highest BCUT2D eigenvalue weighted by molar-refractivity contribution is 6.36. The second-order valence-electron chi connectivity index (χ2n) is 4.61. The van der Waals surface area contributed by atoms with Crippen LogP contribution in [-0.2, 0) is 0 Å². The molecular weight excluding hydrogens is 327 g/mol. The van der Waals surface area contributed by atoms with Crippen molar-refractivity contribution in [3.8, 4) is 17.0 Å². The molecule has 0 saturated heterocycles. The van der Waals surface area contributed by atoms with E-state index in [4.69, 9.17) is 33.0 Å². The lowest BCUT2D eigenvalue weighted by atomic mass is 10.1. The van der Waals surface area contributed by atoms with Gasteiger partial charge in [0.15, 0.2) is 0 Å². The van der Waals surface area contributed by atoms with Crippen LogP contribution in [0.1, 0.15) is 10.4 Å². The highest BCUT2D eigenvalue weighted by Gasteiger charge is 2.17. The molecule has 0 atom stereocenters. The summed E-state index contributed by atoms with van der Waals surface area (Å²) in [7, 11) is 1.51. The average molecular weight is 337 g/mol. The Bertz CT molecular complexity index is 890. The number of rotatable bonds is 3. The highest BCUT2D eigenvalue weighted by Crippen LogP contribution is 2.40. The minimum Gasteiger partial charge on any atom is -0.494 e. The molecule has 7 heteroatoms.